The average molecular weight is 342 g/mol. The zero-order valence-electron chi connectivity index (χ0n) is 14.8. The van der Waals surface area contributed by atoms with E-state index in [9.17, 15) is 14.4 Å². The molecule has 0 spiro atoms. The molecule has 25 heavy (non-hydrogen) atoms. The van der Waals surface area contributed by atoms with Gasteiger partial charge in [0.25, 0.3) is 11.8 Å². The second-order valence-corrected chi connectivity index (χ2v) is 7.58. The van der Waals surface area contributed by atoms with Crippen LogP contribution in [0.3, 0.4) is 0 Å². The lowest BCUT2D eigenvalue weighted by Crippen LogP contribution is -2.35. The monoisotopic (exact) mass is 342 g/mol. The Morgan fingerprint density at radius 2 is 1.84 bits per heavy atom. The minimum Gasteiger partial charge on any atom is -0.443 e. The highest BCUT2D eigenvalue weighted by Gasteiger charge is 2.61. The van der Waals surface area contributed by atoms with Crippen LogP contribution in [0.2, 0.25) is 0 Å². The maximum atomic E-state index is 12.4. The van der Waals surface area contributed by atoms with E-state index in [1.807, 2.05) is 13.8 Å². The molecule has 2 unspecified atom stereocenters. The zero-order chi connectivity index (χ0) is 18.4. The molecule has 1 aliphatic heterocycles. The Bertz CT molecular complexity index is 726. The van der Waals surface area contributed by atoms with Crippen molar-refractivity contribution in [2.24, 2.45) is 17.3 Å². The first-order valence-corrected chi connectivity index (χ1v) is 8.62. The van der Waals surface area contributed by atoms with Gasteiger partial charge in [-0.2, -0.15) is 5.26 Å². The van der Waals surface area contributed by atoms with Gasteiger partial charge < -0.3 is 4.74 Å². The summed E-state index contributed by atoms with van der Waals surface area (Å²) in [4.78, 5) is 38.1. The van der Waals surface area contributed by atoms with Crippen LogP contribution in [0.15, 0.2) is 22.8 Å². The van der Waals surface area contributed by atoms with Gasteiger partial charge in [-0.25, -0.2) is 4.90 Å². The van der Waals surface area contributed by atoms with Gasteiger partial charge in [-0.3, -0.25) is 14.4 Å². The number of imide groups is 1. The Labute approximate surface area is 147 Å². The first-order chi connectivity index (χ1) is 11.8. The molecule has 0 aromatic carbocycles. The molecule has 132 valence electrons. The molecule has 0 saturated heterocycles. The van der Waals surface area contributed by atoms with Gasteiger partial charge in [-0.15, -0.1) is 0 Å². The summed E-state index contributed by atoms with van der Waals surface area (Å²) < 4.78 is 5.28. The Morgan fingerprint density at radius 1 is 1.28 bits per heavy atom. The van der Waals surface area contributed by atoms with Gasteiger partial charge in [0.1, 0.15) is 0 Å². The second kappa shape index (κ2) is 6.14. The zero-order valence-corrected chi connectivity index (χ0v) is 14.8. The second-order valence-electron chi connectivity index (χ2n) is 7.58. The van der Waals surface area contributed by atoms with Gasteiger partial charge in [0.05, 0.1) is 12.0 Å². The number of nitriles is 1. The highest BCUT2D eigenvalue weighted by Crippen LogP contribution is 2.59. The fraction of sp³-hybridized carbons (Fsp3) is 0.579. The van der Waals surface area contributed by atoms with Crippen molar-refractivity contribution < 1.29 is 19.1 Å². The normalized spacial score (nSPS) is 27.9. The van der Waals surface area contributed by atoms with E-state index in [1.54, 1.807) is 13.0 Å². The highest BCUT2D eigenvalue weighted by atomic mass is 16.5. The standard InChI is InChI=1S/C19H22N2O4/c1-11(9-20)8-14-15(19(14,2)3)18(24)25-10-21-16(22)12-6-4-5-7-13(12)17(21)23/h8,14-15H,4-7,10H2,1-3H3. The van der Waals surface area contributed by atoms with Gasteiger partial charge in [0, 0.05) is 16.7 Å². The lowest BCUT2D eigenvalue weighted by Gasteiger charge is -2.15. The van der Waals surface area contributed by atoms with E-state index in [-0.39, 0.29) is 35.8 Å². The largest absolute Gasteiger partial charge is 0.443 e. The Morgan fingerprint density at radius 3 is 2.36 bits per heavy atom. The summed E-state index contributed by atoms with van der Waals surface area (Å²) >= 11 is 0. The molecule has 1 heterocycles. The molecule has 6 heteroatoms. The average Bonchev–Trinajstić information content (AvgIpc) is 3.04. The summed E-state index contributed by atoms with van der Waals surface area (Å²) in [6, 6.07) is 2.06. The molecule has 0 aromatic heterocycles. The number of nitrogens with zero attached hydrogens (tertiary/aromatic N) is 2. The molecule has 6 nitrogen and oxygen atoms in total. The maximum absolute atomic E-state index is 12.4. The van der Waals surface area contributed by atoms with Crippen LogP contribution in [-0.2, 0) is 19.1 Å². The number of rotatable bonds is 4. The summed E-state index contributed by atoms with van der Waals surface area (Å²) in [5.74, 6) is -1.48. The molecule has 1 fully saturated rings. The molecule has 0 bridgehead atoms. The molecule has 2 amide bonds. The van der Waals surface area contributed by atoms with Gasteiger partial charge >= 0.3 is 5.97 Å². The van der Waals surface area contributed by atoms with E-state index >= 15 is 0 Å². The van der Waals surface area contributed by atoms with Crippen LogP contribution in [0.25, 0.3) is 0 Å². The summed E-state index contributed by atoms with van der Waals surface area (Å²) in [7, 11) is 0. The third-order valence-electron chi connectivity index (χ3n) is 5.58. The van der Waals surface area contributed by atoms with Crippen molar-refractivity contribution in [1.82, 2.24) is 4.90 Å². The molecule has 0 aromatic rings. The topological polar surface area (TPSA) is 87.5 Å². The van der Waals surface area contributed by atoms with Gasteiger partial charge in [0.15, 0.2) is 6.73 Å². The van der Waals surface area contributed by atoms with Crippen LogP contribution in [0.4, 0.5) is 0 Å². The minimum atomic E-state index is -0.428. The van der Waals surface area contributed by atoms with Crippen molar-refractivity contribution in [3.63, 3.8) is 0 Å². The number of hydrogen-bond acceptors (Lipinski definition) is 5. The number of carbonyl (C=O) groups excluding carboxylic acids is 3. The van der Waals surface area contributed by atoms with Crippen molar-refractivity contribution in [3.8, 4) is 6.07 Å². The molecule has 0 N–H and O–H groups in total. The number of ether oxygens (including phenoxy) is 1. The van der Waals surface area contributed by atoms with Crippen LogP contribution in [0.5, 0.6) is 0 Å². The van der Waals surface area contributed by atoms with Crippen molar-refractivity contribution in [1.29, 1.82) is 5.26 Å². The van der Waals surface area contributed by atoms with Crippen LogP contribution in [0, 0.1) is 28.6 Å². The first-order valence-electron chi connectivity index (χ1n) is 8.62. The molecule has 3 aliphatic rings. The third kappa shape index (κ3) is 2.88. The maximum Gasteiger partial charge on any atom is 0.311 e. The number of hydrogen-bond donors (Lipinski definition) is 0. The Hall–Kier alpha value is -2.42. The van der Waals surface area contributed by atoms with Crippen molar-refractivity contribution in [3.05, 3.63) is 22.8 Å². The summed E-state index contributed by atoms with van der Waals surface area (Å²) in [6.45, 7) is 5.26. The predicted molar refractivity (Wildman–Crippen MR) is 88.4 cm³/mol. The molecule has 2 aliphatic carbocycles. The quantitative estimate of drug-likeness (QED) is 0.445. The van der Waals surface area contributed by atoms with Crippen LogP contribution >= 0.6 is 0 Å². The van der Waals surface area contributed by atoms with E-state index in [0.29, 0.717) is 29.6 Å². The molecule has 0 radical (unpaired) electrons. The minimum absolute atomic E-state index is 0.0593. The fourth-order valence-electron chi connectivity index (χ4n) is 3.88. The fourth-order valence-corrected chi connectivity index (χ4v) is 3.88. The Balaban J connectivity index is 1.62. The van der Waals surface area contributed by atoms with E-state index in [1.165, 1.54) is 0 Å². The highest BCUT2D eigenvalue weighted by molar-refractivity contribution is 6.19. The summed E-state index contributed by atoms with van der Waals surface area (Å²) in [5, 5.41) is 8.89. The molecule has 2 atom stereocenters. The number of esters is 1. The summed E-state index contributed by atoms with van der Waals surface area (Å²) in [5.41, 5.74) is 1.45. The van der Waals surface area contributed by atoms with Crippen LogP contribution in [0.1, 0.15) is 46.5 Å². The van der Waals surface area contributed by atoms with Crippen LogP contribution < -0.4 is 0 Å². The molecular weight excluding hydrogens is 320 g/mol. The van der Waals surface area contributed by atoms with Crippen molar-refractivity contribution in [2.75, 3.05) is 6.73 Å². The molecular formula is C19H22N2O4. The number of amides is 2. The number of carbonyl (C=O) groups is 3. The Kier molecular flexibility index (Phi) is 4.28. The summed E-state index contributed by atoms with van der Waals surface area (Å²) in [6.07, 6.45) is 4.86. The van der Waals surface area contributed by atoms with E-state index < -0.39 is 5.97 Å². The molecule has 3 rings (SSSR count). The van der Waals surface area contributed by atoms with Gasteiger partial charge in [-0.1, -0.05) is 19.9 Å². The number of allylic oxidation sites excluding steroid dienone is 2. The SMILES string of the molecule is CC(C#N)=CC1C(C(=O)OCN2C(=O)C3=C(CCCC3)C2=O)C1(C)C. The molecule has 1 saturated carbocycles. The van der Waals surface area contributed by atoms with E-state index in [0.717, 1.165) is 17.7 Å². The van der Waals surface area contributed by atoms with E-state index in [4.69, 9.17) is 10.00 Å². The van der Waals surface area contributed by atoms with E-state index in [2.05, 4.69) is 6.07 Å². The lowest BCUT2D eigenvalue weighted by atomic mass is 9.93. The van der Waals surface area contributed by atoms with Gasteiger partial charge in [0.2, 0.25) is 0 Å². The van der Waals surface area contributed by atoms with Crippen molar-refractivity contribution >= 4 is 17.8 Å². The predicted octanol–water partition coefficient (Wildman–Crippen LogP) is 2.47. The smallest absolute Gasteiger partial charge is 0.311 e. The first kappa shape index (κ1) is 17.4. The third-order valence-corrected chi connectivity index (χ3v) is 5.58. The van der Waals surface area contributed by atoms with Crippen molar-refractivity contribution in [2.45, 2.75) is 46.5 Å². The lowest BCUT2D eigenvalue weighted by molar-refractivity contribution is -0.156. The van der Waals surface area contributed by atoms with Crippen LogP contribution in [-0.4, -0.2) is 29.4 Å². The van der Waals surface area contributed by atoms with Gasteiger partial charge in [-0.05, 0) is 43.9 Å².